The summed E-state index contributed by atoms with van der Waals surface area (Å²) in [4.78, 5) is 31.6. The highest BCUT2D eigenvalue weighted by Crippen LogP contribution is 2.26. The van der Waals surface area contributed by atoms with Crippen LogP contribution in [0.25, 0.3) is 11.0 Å². The first-order valence-electron chi connectivity index (χ1n) is 7.56. The summed E-state index contributed by atoms with van der Waals surface area (Å²) in [5.41, 5.74) is 1.24. The molecule has 2 heterocycles. The fraction of sp³-hybridized carbons (Fsp3) is 0.176. The molecule has 0 saturated heterocycles. The average molecular weight is 357 g/mol. The van der Waals surface area contributed by atoms with E-state index in [4.69, 9.17) is 9.15 Å². The summed E-state index contributed by atoms with van der Waals surface area (Å²) < 4.78 is 10.1. The number of benzene rings is 1. The lowest BCUT2D eigenvalue weighted by atomic mass is 10.1. The van der Waals surface area contributed by atoms with Crippen molar-refractivity contribution in [1.82, 2.24) is 9.97 Å². The van der Waals surface area contributed by atoms with E-state index in [1.165, 1.54) is 17.8 Å². The first-order chi connectivity index (χ1) is 12.2. The number of fused-ring (bicyclic) bond motifs is 1. The minimum absolute atomic E-state index is 0.275. The predicted molar refractivity (Wildman–Crippen MR) is 94.7 cm³/mol. The number of rotatable bonds is 5. The Morgan fingerprint density at radius 2 is 2.08 bits per heavy atom. The summed E-state index contributed by atoms with van der Waals surface area (Å²) >= 11 is 1.43. The maximum absolute atomic E-state index is 11.8. The van der Waals surface area contributed by atoms with E-state index in [-0.39, 0.29) is 6.61 Å². The van der Waals surface area contributed by atoms with E-state index >= 15 is 0 Å². The lowest BCUT2D eigenvalue weighted by Crippen LogP contribution is -2.13. The number of nitrogens with zero attached hydrogens (tertiary/aromatic N) is 2. The van der Waals surface area contributed by atoms with Gasteiger partial charge in [-0.05, 0) is 30.7 Å². The molecule has 1 aromatic carbocycles. The van der Waals surface area contributed by atoms with Crippen LogP contribution >= 0.6 is 11.8 Å². The molecule has 0 fully saturated rings. The molecule has 0 bridgehead atoms. The Morgan fingerprint density at radius 1 is 1.28 bits per heavy atom. The zero-order valence-electron chi connectivity index (χ0n) is 13.4. The summed E-state index contributed by atoms with van der Waals surface area (Å²) in [6, 6.07) is 8.32. The third-order valence-electron chi connectivity index (χ3n) is 3.25. The average Bonchev–Trinajstić information content (AvgIpc) is 2.60. The highest BCUT2D eigenvalue weighted by atomic mass is 32.2. The minimum Gasteiger partial charge on any atom is -0.450 e. The third-order valence-corrected chi connectivity index (χ3v) is 4.18. The van der Waals surface area contributed by atoms with Gasteiger partial charge in [-0.15, -0.1) is 0 Å². The molecule has 1 amide bonds. The number of hydrogen-bond acceptors (Lipinski definition) is 7. The van der Waals surface area contributed by atoms with E-state index in [0.29, 0.717) is 22.2 Å². The maximum Gasteiger partial charge on any atom is 0.411 e. The minimum atomic E-state index is -0.558. The fourth-order valence-electron chi connectivity index (χ4n) is 2.21. The summed E-state index contributed by atoms with van der Waals surface area (Å²) in [6.07, 6.45) is 2.78. The first kappa shape index (κ1) is 17.0. The Balaban J connectivity index is 1.86. The third kappa shape index (κ3) is 4.36. The van der Waals surface area contributed by atoms with Crippen LogP contribution in [0.5, 0.6) is 0 Å². The van der Waals surface area contributed by atoms with E-state index in [9.17, 15) is 9.59 Å². The smallest absolute Gasteiger partial charge is 0.411 e. The van der Waals surface area contributed by atoms with Crippen LogP contribution in [0.15, 0.2) is 57.1 Å². The van der Waals surface area contributed by atoms with Gasteiger partial charge >= 0.3 is 11.7 Å². The number of ether oxygens (including phenoxy) is 1. The molecular formula is C17H15N3O4S. The Morgan fingerprint density at radius 3 is 2.84 bits per heavy atom. The largest absolute Gasteiger partial charge is 0.450 e. The Bertz CT molecular complexity index is 944. The summed E-state index contributed by atoms with van der Waals surface area (Å²) in [5.74, 6) is 0.525. The number of carbonyl (C=O) groups is 1. The summed E-state index contributed by atoms with van der Waals surface area (Å²) in [7, 11) is 0. The van der Waals surface area contributed by atoms with Crippen molar-refractivity contribution < 1.29 is 13.9 Å². The van der Waals surface area contributed by atoms with Crippen LogP contribution in [0.2, 0.25) is 0 Å². The van der Waals surface area contributed by atoms with Gasteiger partial charge in [-0.2, -0.15) is 0 Å². The molecule has 3 rings (SSSR count). The summed E-state index contributed by atoms with van der Waals surface area (Å²) in [6.45, 7) is 2.00. The molecule has 2 aromatic heterocycles. The molecule has 7 nitrogen and oxygen atoms in total. The van der Waals surface area contributed by atoms with Gasteiger partial charge in [0.1, 0.15) is 5.58 Å². The number of aromatic nitrogens is 2. The SMILES string of the molecule is CCOC(=O)Nc1ccc2c(CSc3ncccn3)cc(=O)oc2c1. The van der Waals surface area contributed by atoms with Crippen LogP contribution in [0.3, 0.4) is 0 Å². The number of amides is 1. The summed E-state index contributed by atoms with van der Waals surface area (Å²) in [5, 5.41) is 4.00. The lowest BCUT2D eigenvalue weighted by molar-refractivity contribution is 0.168. The van der Waals surface area contributed by atoms with E-state index in [1.807, 2.05) is 0 Å². The molecule has 0 aliphatic rings. The van der Waals surface area contributed by atoms with Gasteiger partial charge in [0.2, 0.25) is 0 Å². The number of hydrogen-bond donors (Lipinski definition) is 1. The van der Waals surface area contributed by atoms with Gasteiger partial charge in [-0.3, -0.25) is 5.32 Å². The second-order valence-corrected chi connectivity index (χ2v) is 5.91. The lowest BCUT2D eigenvalue weighted by Gasteiger charge is -2.08. The van der Waals surface area contributed by atoms with Crippen LogP contribution in [-0.2, 0) is 10.5 Å². The number of nitrogens with one attached hydrogen (secondary N) is 1. The van der Waals surface area contributed by atoms with Gasteiger partial charge in [0.15, 0.2) is 5.16 Å². The molecule has 0 atom stereocenters. The molecule has 0 aliphatic heterocycles. The molecule has 0 radical (unpaired) electrons. The highest BCUT2D eigenvalue weighted by Gasteiger charge is 2.09. The van der Waals surface area contributed by atoms with Gasteiger partial charge in [-0.25, -0.2) is 19.6 Å². The van der Waals surface area contributed by atoms with Gasteiger partial charge in [0.25, 0.3) is 0 Å². The quantitative estimate of drug-likeness (QED) is 0.424. The molecular weight excluding hydrogens is 342 g/mol. The normalized spacial score (nSPS) is 10.6. The molecule has 0 saturated carbocycles. The molecule has 8 heteroatoms. The van der Waals surface area contributed by atoms with E-state index in [0.717, 1.165) is 10.9 Å². The van der Waals surface area contributed by atoms with Crippen LogP contribution in [0.4, 0.5) is 10.5 Å². The van der Waals surface area contributed by atoms with Crippen molar-refractivity contribution in [2.45, 2.75) is 17.8 Å². The second-order valence-electron chi connectivity index (χ2n) is 4.97. The molecule has 0 aliphatic carbocycles. The molecule has 25 heavy (non-hydrogen) atoms. The van der Waals surface area contributed by atoms with Crippen LogP contribution in [-0.4, -0.2) is 22.7 Å². The topological polar surface area (TPSA) is 94.3 Å². The van der Waals surface area contributed by atoms with E-state index < -0.39 is 11.7 Å². The van der Waals surface area contributed by atoms with Gasteiger partial charge < -0.3 is 9.15 Å². The van der Waals surface area contributed by atoms with Gasteiger partial charge in [0, 0.05) is 41.4 Å². The first-order valence-corrected chi connectivity index (χ1v) is 8.54. The van der Waals surface area contributed by atoms with Crippen molar-refractivity contribution in [3.8, 4) is 0 Å². The van der Waals surface area contributed by atoms with Gasteiger partial charge in [-0.1, -0.05) is 11.8 Å². The van der Waals surface area contributed by atoms with Crippen molar-refractivity contribution in [2.24, 2.45) is 0 Å². The molecule has 1 N–H and O–H groups in total. The van der Waals surface area contributed by atoms with Crippen LogP contribution < -0.4 is 10.9 Å². The molecule has 0 spiro atoms. The Hall–Kier alpha value is -2.87. The van der Waals surface area contributed by atoms with E-state index in [1.54, 1.807) is 43.6 Å². The van der Waals surface area contributed by atoms with Crippen LogP contribution in [0.1, 0.15) is 12.5 Å². The Kier molecular flexibility index (Phi) is 5.30. The van der Waals surface area contributed by atoms with Crippen molar-refractivity contribution >= 4 is 34.5 Å². The zero-order chi connectivity index (χ0) is 17.6. The number of carbonyl (C=O) groups excluding carboxylic acids is 1. The van der Waals surface area contributed by atoms with Crippen LogP contribution in [0, 0.1) is 0 Å². The fourth-order valence-corrected chi connectivity index (χ4v) is 3.01. The van der Waals surface area contributed by atoms with E-state index in [2.05, 4.69) is 15.3 Å². The van der Waals surface area contributed by atoms with Gasteiger partial charge in [0.05, 0.1) is 6.61 Å². The molecule has 3 aromatic rings. The molecule has 128 valence electrons. The number of thioether (sulfide) groups is 1. The second kappa shape index (κ2) is 7.80. The highest BCUT2D eigenvalue weighted by molar-refractivity contribution is 7.98. The maximum atomic E-state index is 11.8. The van der Waals surface area contributed by atoms with Crippen molar-refractivity contribution in [3.63, 3.8) is 0 Å². The molecule has 0 unspecified atom stereocenters. The van der Waals surface area contributed by atoms with Crippen molar-refractivity contribution in [2.75, 3.05) is 11.9 Å². The Labute approximate surface area is 147 Å². The number of anilines is 1. The zero-order valence-corrected chi connectivity index (χ0v) is 14.2. The predicted octanol–water partition coefficient (Wildman–Crippen LogP) is 3.44. The van der Waals surface area contributed by atoms with Crippen molar-refractivity contribution in [3.05, 3.63) is 58.7 Å². The standard InChI is InChI=1S/C17H15N3O4S/c1-2-23-17(22)20-12-4-5-13-11(8-15(21)24-14(13)9-12)10-25-16-18-6-3-7-19-16/h3-9H,2,10H2,1H3,(H,20,22). The monoisotopic (exact) mass is 357 g/mol. The van der Waals surface area contributed by atoms with Crippen molar-refractivity contribution in [1.29, 1.82) is 0 Å².